The molecule has 2 nitrogen and oxygen atoms in total. The lowest BCUT2D eigenvalue weighted by Crippen LogP contribution is -2.50. The summed E-state index contributed by atoms with van der Waals surface area (Å²) in [4.78, 5) is 1.40. The predicted molar refractivity (Wildman–Crippen MR) is 67.0 cm³/mol. The van der Waals surface area contributed by atoms with E-state index in [1.807, 2.05) is 11.3 Å². The van der Waals surface area contributed by atoms with Crippen molar-refractivity contribution in [2.24, 2.45) is 0 Å². The Kier molecular flexibility index (Phi) is 2.78. The fraction of sp³-hybridized carbons (Fsp3) is 0.692. The maximum absolute atomic E-state index is 6.14. The van der Waals surface area contributed by atoms with Gasteiger partial charge in [0, 0.05) is 11.4 Å². The van der Waals surface area contributed by atoms with Crippen LogP contribution in [0.15, 0.2) is 11.4 Å². The van der Waals surface area contributed by atoms with E-state index in [1.165, 1.54) is 36.1 Å². The molecule has 1 saturated carbocycles. The fourth-order valence-electron chi connectivity index (χ4n) is 3.17. The molecule has 2 heterocycles. The van der Waals surface area contributed by atoms with Gasteiger partial charge in [0.05, 0.1) is 18.2 Å². The van der Waals surface area contributed by atoms with Crippen LogP contribution in [0.5, 0.6) is 0 Å². The average molecular weight is 237 g/mol. The highest BCUT2D eigenvalue weighted by atomic mass is 32.1. The molecule has 88 valence electrons. The third kappa shape index (κ3) is 1.71. The van der Waals surface area contributed by atoms with Crippen LogP contribution in [0.25, 0.3) is 0 Å². The third-order valence-corrected chi connectivity index (χ3v) is 4.78. The van der Waals surface area contributed by atoms with Crippen molar-refractivity contribution < 1.29 is 4.74 Å². The largest absolute Gasteiger partial charge is 0.372 e. The highest BCUT2D eigenvalue weighted by Gasteiger charge is 2.45. The quantitative estimate of drug-likeness (QED) is 0.810. The molecule has 1 saturated heterocycles. The number of nitrogens with one attached hydrogen (secondary N) is 1. The van der Waals surface area contributed by atoms with Gasteiger partial charge in [0.2, 0.25) is 0 Å². The van der Waals surface area contributed by atoms with Crippen LogP contribution in [0.4, 0.5) is 0 Å². The Labute approximate surface area is 101 Å². The van der Waals surface area contributed by atoms with Crippen LogP contribution in [0.1, 0.15) is 42.2 Å². The van der Waals surface area contributed by atoms with Crippen LogP contribution in [-0.4, -0.2) is 18.8 Å². The van der Waals surface area contributed by atoms with E-state index in [0.717, 1.165) is 13.2 Å². The number of morpholine rings is 1. The smallest absolute Gasteiger partial charge is 0.0877 e. The van der Waals surface area contributed by atoms with Gasteiger partial charge in [0.25, 0.3) is 0 Å². The van der Waals surface area contributed by atoms with E-state index >= 15 is 0 Å². The van der Waals surface area contributed by atoms with Crippen molar-refractivity contribution in [2.75, 3.05) is 13.2 Å². The van der Waals surface area contributed by atoms with Gasteiger partial charge in [-0.3, -0.25) is 0 Å². The monoisotopic (exact) mass is 237 g/mol. The second-order valence-corrected chi connectivity index (χ2v) is 6.11. The first-order valence-electron chi connectivity index (χ1n) is 6.23. The van der Waals surface area contributed by atoms with Gasteiger partial charge < -0.3 is 10.1 Å². The summed E-state index contributed by atoms with van der Waals surface area (Å²) in [6.07, 6.45) is 5.09. The first-order chi connectivity index (χ1) is 7.80. The van der Waals surface area contributed by atoms with Crippen LogP contribution in [0.3, 0.4) is 0 Å². The number of hydrogen-bond donors (Lipinski definition) is 1. The zero-order valence-electron chi connectivity index (χ0n) is 9.79. The number of ether oxygens (including phenoxy) is 1. The minimum atomic E-state index is 0.103. The van der Waals surface area contributed by atoms with E-state index in [9.17, 15) is 0 Å². The van der Waals surface area contributed by atoms with Crippen LogP contribution in [0.2, 0.25) is 0 Å². The summed E-state index contributed by atoms with van der Waals surface area (Å²) >= 11 is 1.84. The van der Waals surface area contributed by atoms with Crippen LogP contribution in [0, 0.1) is 6.92 Å². The first-order valence-corrected chi connectivity index (χ1v) is 7.10. The lowest BCUT2D eigenvalue weighted by atomic mass is 9.86. The third-order valence-electron chi connectivity index (χ3n) is 3.90. The summed E-state index contributed by atoms with van der Waals surface area (Å²) in [6, 6.07) is 2.74. The standard InChI is InChI=1S/C13H19NOS/c1-10-8-11(9-16-10)12-13(4-2-3-5-13)15-7-6-14-12/h8-9,12,14H,2-7H2,1H3. The minimum absolute atomic E-state index is 0.103. The highest BCUT2D eigenvalue weighted by Crippen LogP contribution is 2.44. The molecule has 1 aromatic heterocycles. The highest BCUT2D eigenvalue weighted by molar-refractivity contribution is 7.10. The molecule has 0 bridgehead atoms. The Morgan fingerprint density at radius 1 is 1.44 bits per heavy atom. The summed E-state index contributed by atoms with van der Waals surface area (Å²) in [6.45, 7) is 4.04. The molecule has 1 aliphatic carbocycles. The van der Waals surface area contributed by atoms with Crippen molar-refractivity contribution in [3.05, 3.63) is 21.9 Å². The zero-order chi connectivity index (χ0) is 11.0. The summed E-state index contributed by atoms with van der Waals surface area (Å²) in [7, 11) is 0. The Hall–Kier alpha value is -0.380. The van der Waals surface area contributed by atoms with Crippen molar-refractivity contribution >= 4 is 11.3 Å². The number of hydrogen-bond acceptors (Lipinski definition) is 3. The number of aryl methyl sites for hydroxylation is 1. The molecule has 0 aromatic carbocycles. The molecule has 3 heteroatoms. The van der Waals surface area contributed by atoms with Crippen LogP contribution in [-0.2, 0) is 4.74 Å². The van der Waals surface area contributed by atoms with Gasteiger partial charge >= 0.3 is 0 Å². The Morgan fingerprint density at radius 3 is 2.94 bits per heavy atom. The second kappa shape index (κ2) is 4.13. The van der Waals surface area contributed by atoms with Crippen LogP contribution >= 0.6 is 11.3 Å². The topological polar surface area (TPSA) is 21.3 Å². The second-order valence-electron chi connectivity index (χ2n) is 5.00. The maximum atomic E-state index is 6.14. The van der Waals surface area contributed by atoms with Gasteiger partial charge in [0.15, 0.2) is 0 Å². The molecule has 1 spiro atoms. The average Bonchev–Trinajstić information content (AvgIpc) is 2.90. The number of thiophene rings is 1. The van der Waals surface area contributed by atoms with Crippen molar-refractivity contribution in [2.45, 2.75) is 44.2 Å². The fourth-order valence-corrected chi connectivity index (χ4v) is 3.90. The molecule has 2 fully saturated rings. The lowest BCUT2D eigenvalue weighted by Gasteiger charge is -2.42. The van der Waals surface area contributed by atoms with Gasteiger partial charge in [0.1, 0.15) is 0 Å². The van der Waals surface area contributed by atoms with E-state index in [4.69, 9.17) is 4.74 Å². The lowest BCUT2D eigenvalue weighted by molar-refractivity contribution is -0.0934. The molecule has 0 radical (unpaired) electrons. The summed E-state index contributed by atoms with van der Waals surface area (Å²) in [5.74, 6) is 0. The summed E-state index contributed by atoms with van der Waals surface area (Å²) in [5, 5.41) is 5.96. The molecule has 1 atom stereocenters. The van der Waals surface area contributed by atoms with E-state index in [2.05, 4.69) is 23.7 Å². The molecule has 16 heavy (non-hydrogen) atoms. The minimum Gasteiger partial charge on any atom is -0.372 e. The zero-order valence-corrected chi connectivity index (χ0v) is 10.6. The van der Waals surface area contributed by atoms with Gasteiger partial charge in [-0.1, -0.05) is 12.8 Å². The Balaban J connectivity index is 1.91. The molecule has 0 amide bonds. The predicted octanol–water partition coefficient (Wildman–Crippen LogP) is 3.03. The first kappa shape index (κ1) is 10.8. The Bertz CT molecular complexity index is 368. The molecule has 1 aliphatic heterocycles. The molecular formula is C13H19NOS. The van der Waals surface area contributed by atoms with Gasteiger partial charge in [-0.25, -0.2) is 0 Å². The molecular weight excluding hydrogens is 218 g/mol. The molecule has 3 rings (SSSR count). The summed E-state index contributed by atoms with van der Waals surface area (Å²) < 4.78 is 6.14. The molecule has 1 N–H and O–H groups in total. The SMILES string of the molecule is Cc1cc(C2NCCOC23CCCC3)cs1. The molecule has 1 aromatic rings. The van der Waals surface area contributed by atoms with Gasteiger partial charge in [-0.05, 0) is 36.8 Å². The van der Waals surface area contributed by atoms with E-state index in [1.54, 1.807) is 0 Å². The van der Waals surface area contributed by atoms with Gasteiger partial charge in [-0.2, -0.15) is 0 Å². The molecule has 2 aliphatic rings. The number of rotatable bonds is 1. The van der Waals surface area contributed by atoms with Crippen molar-refractivity contribution in [3.63, 3.8) is 0 Å². The van der Waals surface area contributed by atoms with Crippen molar-refractivity contribution in [3.8, 4) is 0 Å². The van der Waals surface area contributed by atoms with Crippen molar-refractivity contribution in [1.82, 2.24) is 5.32 Å². The van der Waals surface area contributed by atoms with Gasteiger partial charge in [-0.15, -0.1) is 11.3 Å². The molecule has 1 unspecified atom stereocenters. The van der Waals surface area contributed by atoms with E-state index in [-0.39, 0.29) is 5.60 Å². The maximum Gasteiger partial charge on any atom is 0.0877 e. The van der Waals surface area contributed by atoms with E-state index in [0.29, 0.717) is 6.04 Å². The van der Waals surface area contributed by atoms with Crippen molar-refractivity contribution in [1.29, 1.82) is 0 Å². The normalized spacial score (nSPS) is 28.7. The van der Waals surface area contributed by atoms with E-state index < -0.39 is 0 Å². The Morgan fingerprint density at radius 2 is 2.25 bits per heavy atom. The van der Waals surface area contributed by atoms with Crippen LogP contribution < -0.4 is 5.32 Å². The summed E-state index contributed by atoms with van der Waals surface area (Å²) in [5.41, 5.74) is 1.54.